The first kappa shape index (κ1) is 24.6. The molecular formula is C27H33N7O3. The lowest BCUT2D eigenvalue weighted by molar-refractivity contribution is -0.118. The van der Waals surface area contributed by atoms with Crippen molar-refractivity contribution in [3.8, 4) is 5.75 Å². The summed E-state index contributed by atoms with van der Waals surface area (Å²) >= 11 is 0. The molecule has 2 amide bonds. The number of amides is 2. The van der Waals surface area contributed by atoms with E-state index in [1.54, 1.807) is 43.5 Å². The maximum atomic E-state index is 12.9. The van der Waals surface area contributed by atoms with Gasteiger partial charge in [-0.1, -0.05) is 12.8 Å². The van der Waals surface area contributed by atoms with Gasteiger partial charge in [-0.2, -0.15) is 4.98 Å². The molecule has 2 aromatic heterocycles. The zero-order valence-corrected chi connectivity index (χ0v) is 21.5. The Balaban J connectivity index is 1.41. The lowest BCUT2D eigenvalue weighted by atomic mass is 10.1. The molecule has 10 nitrogen and oxygen atoms in total. The molecule has 10 heteroatoms. The molecule has 0 saturated heterocycles. The Hall–Kier alpha value is -4.08. The van der Waals surface area contributed by atoms with Crippen molar-refractivity contribution < 1.29 is 14.3 Å². The van der Waals surface area contributed by atoms with Crippen molar-refractivity contribution >= 4 is 35.0 Å². The largest absolute Gasteiger partial charge is 0.495 e. The van der Waals surface area contributed by atoms with Crippen LogP contribution in [0.2, 0.25) is 0 Å². The Morgan fingerprint density at radius 3 is 2.73 bits per heavy atom. The number of aromatic nitrogens is 3. The van der Waals surface area contributed by atoms with Crippen LogP contribution in [-0.2, 0) is 18.4 Å². The molecule has 0 atom stereocenters. The maximum absolute atomic E-state index is 12.9. The fourth-order valence-electron chi connectivity index (χ4n) is 5.09. The van der Waals surface area contributed by atoms with Gasteiger partial charge in [-0.05, 0) is 43.2 Å². The molecule has 5 rings (SSSR count). The molecule has 1 aromatic carbocycles. The molecule has 3 aromatic rings. The minimum absolute atomic E-state index is 0.0572. The quantitative estimate of drug-likeness (QED) is 0.508. The predicted molar refractivity (Wildman–Crippen MR) is 143 cm³/mol. The lowest BCUT2D eigenvalue weighted by Crippen LogP contribution is -2.34. The van der Waals surface area contributed by atoms with Gasteiger partial charge in [0.15, 0.2) is 5.82 Å². The highest BCUT2D eigenvalue weighted by atomic mass is 16.5. The fraction of sp³-hybridized carbons (Fsp3) is 0.407. The standard InChI is InChI=1S/C27H33N7O3/c1-32-13-6-9-20(32)16-28-26(36)18-10-11-23(37-3)21(15-18)30-27-29-17-22-25(31-27)34(19-7-4-5-8-19)14-12-24(35)33(22)2/h6,9-11,13,15,17,19H,4-5,7-8,12,14,16H2,1-3H3,(H,28,36)(H,29,30,31). The summed E-state index contributed by atoms with van der Waals surface area (Å²) in [4.78, 5) is 38.8. The van der Waals surface area contributed by atoms with E-state index in [2.05, 4.69) is 20.5 Å². The van der Waals surface area contributed by atoms with Crippen LogP contribution in [0.25, 0.3) is 0 Å². The van der Waals surface area contributed by atoms with E-state index in [1.807, 2.05) is 29.9 Å². The van der Waals surface area contributed by atoms with E-state index in [0.717, 1.165) is 24.4 Å². The van der Waals surface area contributed by atoms with Crippen LogP contribution in [0.5, 0.6) is 5.75 Å². The SMILES string of the molecule is COc1ccc(C(=O)NCc2cccn2C)cc1Nc1ncc2c(n1)N(C1CCCC1)CCC(=O)N2C. The summed E-state index contributed by atoms with van der Waals surface area (Å²) in [7, 11) is 5.30. The van der Waals surface area contributed by atoms with E-state index in [-0.39, 0.29) is 11.8 Å². The van der Waals surface area contributed by atoms with E-state index < -0.39 is 0 Å². The Morgan fingerprint density at radius 1 is 1.19 bits per heavy atom. The van der Waals surface area contributed by atoms with Crippen molar-refractivity contribution in [2.45, 2.75) is 44.7 Å². The van der Waals surface area contributed by atoms with Crippen LogP contribution in [0.4, 0.5) is 23.1 Å². The molecule has 2 N–H and O–H groups in total. The van der Waals surface area contributed by atoms with E-state index in [0.29, 0.717) is 54.2 Å². The minimum Gasteiger partial charge on any atom is -0.495 e. The smallest absolute Gasteiger partial charge is 0.251 e. The third kappa shape index (κ3) is 5.09. The van der Waals surface area contributed by atoms with Crippen molar-refractivity contribution in [1.82, 2.24) is 19.9 Å². The van der Waals surface area contributed by atoms with Crippen LogP contribution >= 0.6 is 0 Å². The van der Waals surface area contributed by atoms with Crippen LogP contribution in [0.1, 0.15) is 48.2 Å². The van der Waals surface area contributed by atoms with E-state index >= 15 is 0 Å². The second-order valence-corrected chi connectivity index (χ2v) is 9.57. The second-order valence-electron chi connectivity index (χ2n) is 9.57. The molecule has 37 heavy (non-hydrogen) atoms. The molecule has 3 heterocycles. The molecule has 0 spiro atoms. The van der Waals surface area contributed by atoms with Crippen LogP contribution in [-0.4, -0.2) is 53.1 Å². The molecule has 1 aliphatic heterocycles. The molecule has 194 valence electrons. The van der Waals surface area contributed by atoms with Crippen LogP contribution in [0.3, 0.4) is 0 Å². The van der Waals surface area contributed by atoms with Gasteiger partial charge in [0.2, 0.25) is 11.9 Å². The molecule has 1 fully saturated rings. The predicted octanol–water partition coefficient (Wildman–Crippen LogP) is 3.61. The van der Waals surface area contributed by atoms with Gasteiger partial charge in [-0.3, -0.25) is 9.59 Å². The first-order valence-corrected chi connectivity index (χ1v) is 12.7. The summed E-state index contributed by atoms with van der Waals surface area (Å²) in [5, 5.41) is 6.20. The van der Waals surface area contributed by atoms with Gasteiger partial charge in [-0.25, -0.2) is 4.98 Å². The molecule has 0 radical (unpaired) electrons. The number of rotatable bonds is 7. The number of anilines is 4. The number of benzene rings is 1. The molecule has 0 bridgehead atoms. The van der Waals surface area contributed by atoms with Crippen LogP contribution in [0.15, 0.2) is 42.7 Å². The van der Waals surface area contributed by atoms with Gasteiger partial charge < -0.3 is 29.7 Å². The summed E-state index contributed by atoms with van der Waals surface area (Å²) in [6.45, 7) is 1.06. The van der Waals surface area contributed by atoms with Crippen molar-refractivity contribution in [3.63, 3.8) is 0 Å². The first-order valence-electron chi connectivity index (χ1n) is 12.7. The molecule has 0 unspecified atom stereocenters. The lowest BCUT2D eigenvalue weighted by Gasteiger charge is -2.30. The summed E-state index contributed by atoms with van der Waals surface area (Å²) < 4.78 is 7.51. The zero-order valence-electron chi connectivity index (χ0n) is 21.5. The number of carbonyl (C=O) groups excluding carboxylic acids is 2. The number of nitrogens with one attached hydrogen (secondary N) is 2. The number of carbonyl (C=O) groups is 2. The average Bonchev–Trinajstić information content (AvgIpc) is 3.56. The minimum atomic E-state index is -0.192. The normalized spacial score (nSPS) is 15.9. The second kappa shape index (κ2) is 10.5. The van der Waals surface area contributed by atoms with E-state index in [9.17, 15) is 9.59 Å². The molecule has 1 saturated carbocycles. The first-order chi connectivity index (χ1) is 17.9. The number of ether oxygens (including phenoxy) is 1. The van der Waals surface area contributed by atoms with Gasteiger partial charge in [0.1, 0.15) is 11.4 Å². The maximum Gasteiger partial charge on any atom is 0.251 e. The summed E-state index contributed by atoms with van der Waals surface area (Å²) in [6.07, 6.45) is 8.65. The number of hydrogen-bond acceptors (Lipinski definition) is 7. The van der Waals surface area contributed by atoms with Gasteiger partial charge >= 0.3 is 0 Å². The highest BCUT2D eigenvalue weighted by molar-refractivity contribution is 5.97. The van der Waals surface area contributed by atoms with Crippen molar-refractivity contribution in [2.24, 2.45) is 7.05 Å². The Labute approximate surface area is 216 Å². The third-order valence-corrected chi connectivity index (χ3v) is 7.28. The van der Waals surface area contributed by atoms with Gasteiger partial charge in [0.05, 0.1) is 25.5 Å². The van der Waals surface area contributed by atoms with Crippen molar-refractivity contribution in [1.29, 1.82) is 0 Å². The van der Waals surface area contributed by atoms with Crippen LogP contribution in [0, 0.1) is 0 Å². The molecule has 1 aliphatic carbocycles. The Kier molecular flexibility index (Phi) is 6.98. The number of aryl methyl sites for hydroxylation is 1. The van der Waals surface area contributed by atoms with Crippen molar-refractivity contribution in [2.75, 3.05) is 35.8 Å². The summed E-state index contributed by atoms with van der Waals surface area (Å²) in [5.41, 5.74) is 2.79. The Bertz CT molecular complexity index is 1300. The molecule has 2 aliphatic rings. The van der Waals surface area contributed by atoms with Gasteiger partial charge in [0, 0.05) is 50.6 Å². The number of fused-ring (bicyclic) bond motifs is 1. The number of hydrogen-bond donors (Lipinski definition) is 2. The fourth-order valence-corrected chi connectivity index (χ4v) is 5.09. The van der Waals surface area contributed by atoms with Gasteiger partial charge in [-0.15, -0.1) is 0 Å². The monoisotopic (exact) mass is 503 g/mol. The third-order valence-electron chi connectivity index (χ3n) is 7.28. The highest BCUT2D eigenvalue weighted by Gasteiger charge is 2.31. The summed E-state index contributed by atoms with van der Waals surface area (Å²) in [5.74, 6) is 1.57. The van der Waals surface area contributed by atoms with Crippen molar-refractivity contribution in [3.05, 3.63) is 54.0 Å². The molecular weight excluding hydrogens is 470 g/mol. The van der Waals surface area contributed by atoms with Crippen LogP contribution < -0.4 is 25.2 Å². The van der Waals surface area contributed by atoms with E-state index in [4.69, 9.17) is 9.72 Å². The zero-order chi connectivity index (χ0) is 25.9. The summed E-state index contributed by atoms with van der Waals surface area (Å²) in [6, 6.07) is 9.49. The van der Waals surface area contributed by atoms with E-state index in [1.165, 1.54) is 12.8 Å². The number of nitrogens with zero attached hydrogens (tertiary/aromatic N) is 5. The Morgan fingerprint density at radius 2 is 2.00 bits per heavy atom. The van der Waals surface area contributed by atoms with Gasteiger partial charge in [0.25, 0.3) is 5.91 Å². The topological polar surface area (TPSA) is 105 Å². The number of methoxy groups -OCH3 is 1. The average molecular weight is 504 g/mol. The highest BCUT2D eigenvalue weighted by Crippen LogP contribution is 2.37.